The van der Waals surface area contributed by atoms with Crippen molar-refractivity contribution in [2.24, 2.45) is 0 Å². The standard InChI is InChI=1S/C23H19ClF2N2O4/c24-16-4-6-21(31-13-14-3-5-17(25)11-19(14)26)15(10-16)12-28-9-1-2-18-20(28)7-8-27-22(18)32-23(29)30/h3-8,10-11H,1-2,9,12-13H2,(H,29,30). The molecule has 2 aromatic carbocycles. The highest BCUT2D eigenvalue weighted by molar-refractivity contribution is 6.30. The number of aromatic nitrogens is 1. The summed E-state index contributed by atoms with van der Waals surface area (Å²) in [6.45, 7) is 1.07. The van der Waals surface area contributed by atoms with E-state index < -0.39 is 17.8 Å². The summed E-state index contributed by atoms with van der Waals surface area (Å²) in [5.41, 5.74) is 2.54. The normalized spacial score (nSPS) is 12.9. The Labute approximate surface area is 188 Å². The third-order valence-electron chi connectivity index (χ3n) is 5.15. The summed E-state index contributed by atoms with van der Waals surface area (Å²) in [6.07, 6.45) is 1.51. The van der Waals surface area contributed by atoms with Crippen molar-refractivity contribution in [2.45, 2.75) is 26.0 Å². The number of pyridine rings is 1. The number of rotatable bonds is 6. The molecule has 166 valence electrons. The molecule has 1 aliphatic rings. The van der Waals surface area contributed by atoms with Crippen LogP contribution in [-0.2, 0) is 19.6 Å². The molecule has 4 rings (SSSR count). The molecule has 0 spiro atoms. The number of carbonyl (C=O) groups is 1. The maximum atomic E-state index is 14.0. The fourth-order valence-corrected chi connectivity index (χ4v) is 3.90. The van der Waals surface area contributed by atoms with Gasteiger partial charge < -0.3 is 19.5 Å². The van der Waals surface area contributed by atoms with Crippen LogP contribution >= 0.6 is 11.6 Å². The van der Waals surface area contributed by atoms with Gasteiger partial charge in [0.05, 0.1) is 0 Å². The SMILES string of the molecule is O=C(O)Oc1nccc2c1CCCN2Cc1cc(Cl)ccc1OCc1ccc(F)cc1F. The Hall–Kier alpha value is -3.39. The van der Waals surface area contributed by atoms with E-state index in [-0.39, 0.29) is 18.1 Å². The molecule has 2 heterocycles. The minimum absolute atomic E-state index is 0.0716. The Morgan fingerprint density at radius 1 is 1.16 bits per heavy atom. The average Bonchev–Trinajstić information content (AvgIpc) is 2.74. The number of nitrogens with zero attached hydrogens (tertiary/aromatic N) is 2. The van der Waals surface area contributed by atoms with Crippen molar-refractivity contribution >= 4 is 23.4 Å². The second kappa shape index (κ2) is 9.40. The molecule has 1 aliphatic heterocycles. The van der Waals surface area contributed by atoms with Crippen molar-refractivity contribution in [1.82, 2.24) is 4.98 Å². The highest BCUT2D eigenvalue weighted by Crippen LogP contribution is 2.35. The fourth-order valence-electron chi connectivity index (χ4n) is 3.71. The Morgan fingerprint density at radius 2 is 2.00 bits per heavy atom. The van der Waals surface area contributed by atoms with E-state index >= 15 is 0 Å². The van der Waals surface area contributed by atoms with Crippen molar-refractivity contribution < 1.29 is 28.2 Å². The number of hydrogen-bond donors (Lipinski definition) is 1. The number of hydrogen-bond acceptors (Lipinski definition) is 5. The van der Waals surface area contributed by atoms with Crippen molar-refractivity contribution in [2.75, 3.05) is 11.4 Å². The van der Waals surface area contributed by atoms with E-state index in [1.165, 1.54) is 18.3 Å². The molecule has 0 saturated carbocycles. The topological polar surface area (TPSA) is 71.9 Å². The van der Waals surface area contributed by atoms with Crippen LogP contribution in [0.25, 0.3) is 0 Å². The van der Waals surface area contributed by atoms with Gasteiger partial charge in [0.15, 0.2) is 0 Å². The molecular formula is C23H19ClF2N2O4. The van der Waals surface area contributed by atoms with Crippen molar-refractivity contribution in [3.05, 3.63) is 82.0 Å². The van der Waals surface area contributed by atoms with Crippen LogP contribution in [0.1, 0.15) is 23.1 Å². The van der Waals surface area contributed by atoms with E-state index in [0.29, 0.717) is 23.7 Å². The summed E-state index contributed by atoms with van der Waals surface area (Å²) < 4.78 is 37.8. The Bertz CT molecular complexity index is 1160. The number of halogens is 3. The molecule has 0 unspecified atom stereocenters. The first-order valence-corrected chi connectivity index (χ1v) is 10.3. The van der Waals surface area contributed by atoms with Gasteiger partial charge in [-0.2, -0.15) is 0 Å². The molecule has 0 atom stereocenters. The van der Waals surface area contributed by atoms with Crippen molar-refractivity contribution in [3.8, 4) is 11.6 Å². The highest BCUT2D eigenvalue weighted by Gasteiger charge is 2.23. The number of carboxylic acid groups (broad SMARTS) is 1. The first-order chi connectivity index (χ1) is 15.4. The second-order valence-corrected chi connectivity index (χ2v) is 7.72. The van der Waals surface area contributed by atoms with Crippen LogP contribution in [0.3, 0.4) is 0 Å². The zero-order valence-corrected chi connectivity index (χ0v) is 17.6. The molecule has 0 aliphatic carbocycles. The first kappa shape index (κ1) is 21.8. The maximum absolute atomic E-state index is 14.0. The van der Waals surface area contributed by atoms with Crippen LogP contribution in [0.2, 0.25) is 5.02 Å². The van der Waals surface area contributed by atoms with Crippen LogP contribution in [0.15, 0.2) is 48.7 Å². The van der Waals surface area contributed by atoms with E-state index in [9.17, 15) is 13.6 Å². The van der Waals surface area contributed by atoms with Crippen LogP contribution in [0.4, 0.5) is 19.3 Å². The van der Waals surface area contributed by atoms with E-state index in [1.54, 1.807) is 18.2 Å². The summed E-state index contributed by atoms with van der Waals surface area (Å²) in [5, 5.41) is 9.49. The Balaban J connectivity index is 1.58. The lowest BCUT2D eigenvalue weighted by Crippen LogP contribution is -2.29. The van der Waals surface area contributed by atoms with Crippen LogP contribution in [0.5, 0.6) is 11.6 Å². The van der Waals surface area contributed by atoms with E-state index in [2.05, 4.69) is 9.88 Å². The minimum Gasteiger partial charge on any atom is -0.488 e. The molecule has 9 heteroatoms. The number of fused-ring (bicyclic) bond motifs is 1. The zero-order valence-electron chi connectivity index (χ0n) is 16.9. The van der Waals surface area contributed by atoms with Crippen LogP contribution in [0, 0.1) is 11.6 Å². The van der Waals surface area contributed by atoms with E-state index in [0.717, 1.165) is 35.8 Å². The lowest BCUT2D eigenvalue weighted by molar-refractivity contribution is 0.142. The van der Waals surface area contributed by atoms with Gasteiger partial charge in [0.25, 0.3) is 0 Å². The highest BCUT2D eigenvalue weighted by atomic mass is 35.5. The molecule has 0 saturated heterocycles. The molecular weight excluding hydrogens is 442 g/mol. The summed E-state index contributed by atoms with van der Waals surface area (Å²) in [5.74, 6) is -0.734. The third kappa shape index (κ3) is 4.91. The van der Waals surface area contributed by atoms with Gasteiger partial charge in [-0.05, 0) is 49.2 Å². The molecule has 1 N–H and O–H groups in total. The minimum atomic E-state index is -1.42. The largest absolute Gasteiger partial charge is 0.512 e. The van der Waals surface area contributed by atoms with Gasteiger partial charge in [0, 0.05) is 52.8 Å². The zero-order chi connectivity index (χ0) is 22.7. The molecule has 0 bridgehead atoms. The summed E-state index contributed by atoms with van der Waals surface area (Å²) >= 11 is 6.21. The third-order valence-corrected chi connectivity index (χ3v) is 5.39. The van der Waals surface area contributed by atoms with Crippen molar-refractivity contribution in [3.63, 3.8) is 0 Å². The lowest BCUT2D eigenvalue weighted by Gasteiger charge is -2.32. The predicted octanol–water partition coefficient (Wildman–Crippen LogP) is 5.60. The fraction of sp³-hybridized carbons (Fsp3) is 0.217. The molecule has 6 nitrogen and oxygen atoms in total. The number of benzene rings is 2. The van der Waals surface area contributed by atoms with Gasteiger partial charge in [-0.1, -0.05) is 11.6 Å². The average molecular weight is 461 g/mol. The van der Waals surface area contributed by atoms with Crippen molar-refractivity contribution in [1.29, 1.82) is 0 Å². The molecule has 0 fully saturated rings. The first-order valence-electron chi connectivity index (χ1n) is 9.89. The lowest BCUT2D eigenvalue weighted by atomic mass is 10.0. The van der Waals surface area contributed by atoms with Gasteiger partial charge in [-0.25, -0.2) is 18.6 Å². The summed E-state index contributed by atoms with van der Waals surface area (Å²) in [7, 11) is 0. The molecule has 3 aromatic rings. The van der Waals surface area contributed by atoms with Gasteiger partial charge in [0.1, 0.15) is 24.0 Å². The maximum Gasteiger partial charge on any atom is 0.512 e. The molecule has 32 heavy (non-hydrogen) atoms. The molecule has 1 aromatic heterocycles. The smallest absolute Gasteiger partial charge is 0.488 e. The predicted molar refractivity (Wildman–Crippen MR) is 114 cm³/mol. The summed E-state index contributed by atoms with van der Waals surface area (Å²) in [6, 6.07) is 10.3. The monoisotopic (exact) mass is 460 g/mol. The van der Waals surface area contributed by atoms with Gasteiger partial charge in [0.2, 0.25) is 5.88 Å². The molecule has 0 amide bonds. The number of anilines is 1. The quantitative estimate of drug-likeness (QED) is 0.483. The van der Waals surface area contributed by atoms with E-state index in [4.69, 9.17) is 26.2 Å². The second-order valence-electron chi connectivity index (χ2n) is 7.28. The molecule has 0 radical (unpaired) electrons. The van der Waals surface area contributed by atoms with Gasteiger partial charge >= 0.3 is 6.16 Å². The van der Waals surface area contributed by atoms with E-state index in [1.807, 2.05) is 6.07 Å². The summed E-state index contributed by atoms with van der Waals surface area (Å²) in [4.78, 5) is 17.1. The van der Waals surface area contributed by atoms with Gasteiger partial charge in [-0.3, -0.25) is 0 Å². The Morgan fingerprint density at radius 3 is 2.78 bits per heavy atom. The Kier molecular flexibility index (Phi) is 6.41. The number of ether oxygens (including phenoxy) is 2. The van der Waals surface area contributed by atoms with Crippen LogP contribution in [-0.4, -0.2) is 22.8 Å². The van der Waals surface area contributed by atoms with Crippen LogP contribution < -0.4 is 14.4 Å². The van der Waals surface area contributed by atoms with Gasteiger partial charge in [-0.15, -0.1) is 0 Å².